The van der Waals surface area contributed by atoms with Gasteiger partial charge in [-0.05, 0) is 42.0 Å². The number of thioether (sulfide) groups is 1. The Bertz CT molecular complexity index is 1640. The zero-order valence-corrected chi connectivity index (χ0v) is 21.4. The average Bonchev–Trinajstić information content (AvgIpc) is 3.53. The molecule has 6 rings (SSSR count). The molecule has 8 heteroatoms. The number of rotatable bonds is 7. The molecule has 188 valence electrons. The third kappa shape index (κ3) is 4.39. The number of fused-ring (bicyclic) bond motifs is 2. The fourth-order valence-electron chi connectivity index (χ4n) is 4.58. The van der Waals surface area contributed by atoms with Gasteiger partial charge in [0.15, 0.2) is 5.17 Å². The lowest BCUT2D eigenvalue weighted by Crippen LogP contribution is -2.38. The first-order valence-electron chi connectivity index (χ1n) is 12.1. The zero-order valence-electron chi connectivity index (χ0n) is 20.6. The SMILES string of the molecule is COc1ccc(OCCn2cc(/C=C3/C(=N)N4C(c5ccccc5)=CSC4=NC3=O)c3ccccc32)cc1. The first kappa shape index (κ1) is 23.8. The Morgan fingerprint density at radius 3 is 2.50 bits per heavy atom. The van der Waals surface area contributed by atoms with Crippen molar-refractivity contribution in [2.45, 2.75) is 6.54 Å². The quantitative estimate of drug-likeness (QED) is 0.301. The van der Waals surface area contributed by atoms with Crippen LogP contribution < -0.4 is 9.47 Å². The molecule has 1 N–H and O–H groups in total. The second-order valence-electron chi connectivity index (χ2n) is 8.75. The summed E-state index contributed by atoms with van der Waals surface area (Å²) in [6.07, 6.45) is 3.78. The number of ether oxygens (including phenoxy) is 2. The van der Waals surface area contributed by atoms with Crippen LogP contribution in [0.4, 0.5) is 0 Å². The van der Waals surface area contributed by atoms with E-state index in [0.29, 0.717) is 18.3 Å². The number of carbonyl (C=O) groups is 1. The van der Waals surface area contributed by atoms with E-state index in [-0.39, 0.29) is 11.4 Å². The highest BCUT2D eigenvalue weighted by molar-refractivity contribution is 8.17. The summed E-state index contributed by atoms with van der Waals surface area (Å²) in [5.41, 5.74) is 3.95. The highest BCUT2D eigenvalue weighted by Gasteiger charge is 2.36. The normalized spacial score (nSPS) is 16.0. The molecule has 1 aromatic heterocycles. The number of hydrogen-bond acceptors (Lipinski definition) is 5. The first-order chi connectivity index (χ1) is 18.6. The van der Waals surface area contributed by atoms with E-state index in [2.05, 4.69) is 9.56 Å². The standard InChI is InChI=1S/C30H24N4O3S/c1-36-22-11-13-23(14-12-22)37-16-15-33-18-21(24-9-5-6-10-26(24)33)17-25-28(31)34-27(20-7-3-2-4-8-20)19-38-30(34)32-29(25)35/h2-14,17-19,31H,15-16H2,1H3/b25-17-,31-28?. The molecule has 3 heterocycles. The molecular formula is C30H24N4O3S. The molecule has 0 saturated heterocycles. The topological polar surface area (TPSA) is 79.9 Å². The van der Waals surface area contributed by atoms with Gasteiger partial charge in [-0.25, -0.2) is 0 Å². The van der Waals surface area contributed by atoms with Crippen LogP contribution in [0.25, 0.3) is 22.7 Å². The van der Waals surface area contributed by atoms with Crippen molar-refractivity contribution in [2.24, 2.45) is 4.99 Å². The second-order valence-corrected chi connectivity index (χ2v) is 9.58. The minimum atomic E-state index is -0.406. The summed E-state index contributed by atoms with van der Waals surface area (Å²) < 4.78 is 13.3. The lowest BCUT2D eigenvalue weighted by molar-refractivity contribution is -0.114. The number of carbonyl (C=O) groups excluding carboxylic acids is 1. The number of benzene rings is 3. The molecule has 2 aliphatic heterocycles. The van der Waals surface area contributed by atoms with E-state index in [1.54, 1.807) is 18.1 Å². The van der Waals surface area contributed by atoms with Crippen molar-refractivity contribution in [3.05, 3.63) is 107 Å². The maximum atomic E-state index is 13.0. The van der Waals surface area contributed by atoms with Gasteiger partial charge in [0.05, 0.1) is 24.9 Å². The van der Waals surface area contributed by atoms with Gasteiger partial charge in [0.2, 0.25) is 0 Å². The van der Waals surface area contributed by atoms with Gasteiger partial charge in [0, 0.05) is 28.1 Å². The third-order valence-corrected chi connectivity index (χ3v) is 7.29. The average molecular weight is 521 g/mol. The van der Waals surface area contributed by atoms with Crippen LogP contribution in [0.1, 0.15) is 11.1 Å². The van der Waals surface area contributed by atoms with Gasteiger partial charge in [-0.15, -0.1) is 0 Å². The number of methoxy groups -OCH3 is 1. The minimum absolute atomic E-state index is 0.125. The van der Waals surface area contributed by atoms with Crippen molar-refractivity contribution in [1.29, 1.82) is 5.41 Å². The summed E-state index contributed by atoms with van der Waals surface area (Å²) in [5, 5.41) is 12.4. The van der Waals surface area contributed by atoms with Gasteiger partial charge in [0.25, 0.3) is 5.91 Å². The number of aromatic nitrogens is 1. The predicted molar refractivity (Wildman–Crippen MR) is 152 cm³/mol. The molecule has 0 radical (unpaired) electrons. The van der Waals surface area contributed by atoms with Crippen LogP contribution in [-0.2, 0) is 11.3 Å². The number of aliphatic imine (C=N–C) groups is 1. The molecule has 1 amide bonds. The molecule has 7 nitrogen and oxygen atoms in total. The molecule has 3 aromatic carbocycles. The largest absolute Gasteiger partial charge is 0.497 e. The monoisotopic (exact) mass is 520 g/mol. The number of hydrogen-bond donors (Lipinski definition) is 1. The highest BCUT2D eigenvalue weighted by Crippen LogP contribution is 2.37. The molecule has 38 heavy (non-hydrogen) atoms. The molecule has 0 saturated carbocycles. The molecule has 0 atom stereocenters. The number of amidine groups is 2. The number of nitrogens with zero attached hydrogens (tertiary/aromatic N) is 3. The predicted octanol–water partition coefficient (Wildman–Crippen LogP) is 6.03. The van der Waals surface area contributed by atoms with Crippen molar-refractivity contribution in [3.8, 4) is 11.5 Å². The Balaban J connectivity index is 1.28. The van der Waals surface area contributed by atoms with Crippen LogP contribution >= 0.6 is 11.8 Å². The Hall–Kier alpha value is -4.56. The van der Waals surface area contributed by atoms with Gasteiger partial charge in [-0.3, -0.25) is 15.1 Å². The van der Waals surface area contributed by atoms with Crippen molar-refractivity contribution in [3.63, 3.8) is 0 Å². The maximum absolute atomic E-state index is 13.0. The van der Waals surface area contributed by atoms with Crippen LogP contribution in [0, 0.1) is 5.41 Å². The molecule has 0 aliphatic carbocycles. The second kappa shape index (κ2) is 10.1. The molecule has 2 aliphatic rings. The summed E-state index contributed by atoms with van der Waals surface area (Å²) in [7, 11) is 1.64. The number of para-hydroxylation sites is 1. The van der Waals surface area contributed by atoms with Gasteiger partial charge < -0.3 is 14.0 Å². The van der Waals surface area contributed by atoms with E-state index >= 15 is 0 Å². The van der Waals surface area contributed by atoms with E-state index in [9.17, 15) is 4.79 Å². The van der Waals surface area contributed by atoms with E-state index in [0.717, 1.165) is 39.2 Å². The molecule has 4 aromatic rings. The van der Waals surface area contributed by atoms with Crippen molar-refractivity contribution in [2.75, 3.05) is 13.7 Å². The number of amides is 1. The smallest absolute Gasteiger partial charge is 0.283 e. The molecule has 0 bridgehead atoms. The summed E-state index contributed by atoms with van der Waals surface area (Å²) >= 11 is 1.36. The first-order valence-corrected chi connectivity index (χ1v) is 13.0. The summed E-state index contributed by atoms with van der Waals surface area (Å²) in [6.45, 7) is 1.09. The van der Waals surface area contributed by atoms with Gasteiger partial charge in [-0.2, -0.15) is 4.99 Å². The third-order valence-electron chi connectivity index (χ3n) is 6.46. The zero-order chi connectivity index (χ0) is 26.1. The lowest BCUT2D eigenvalue weighted by Gasteiger charge is -2.26. The Morgan fingerprint density at radius 2 is 1.71 bits per heavy atom. The van der Waals surface area contributed by atoms with Crippen LogP contribution in [0.15, 0.2) is 101 Å². The summed E-state index contributed by atoms with van der Waals surface area (Å²) in [6, 6.07) is 25.4. The molecular weight excluding hydrogens is 496 g/mol. The van der Waals surface area contributed by atoms with Crippen LogP contribution in [0.5, 0.6) is 11.5 Å². The van der Waals surface area contributed by atoms with E-state index in [1.165, 1.54) is 11.8 Å². The van der Waals surface area contributed by atoms with Gasteiger partial charge in [0.1, 0.15) is 23.9 Å². The van der Waals surface area contributed by atoms with Gasteiger partial charge in [-0.1, -0.05) is 60.3 Å². The van der Waals surface area contributed by atoms with Crippen molar-refractivity contribution in [1.82, 2.24) is 9.47 Å². The fourth-order valence-corrected chi connectivity index (χ4v) is 5.47. The highest BCUT2D eigenvalue weighted by atomic mass is 32.2. The number of nitrogens with one attached hydrogen (secondary N) is 1. The van der Waals surface area contributed by atoms with Crippen LogP contribution in [0.3, 0.4) is 0 Å². The van der Waals surface area contributed by atoms with Crippen LogP contribution in [-0.4, -0.2) is 40.1 Å². The van der Waals surface area contributed by atoms with Crippen LogP contribution in [0.2, 0.25) is 0 Å². The summed E-state index contributed by atoms with van der Waals surface area (Å²) in [5.74, 6) is 1.27. The Labute approximate surface area is 224 Å². The van der Waals surface area contributed by atoms with Crippen molar-refractivity contribution >= 4 is 51.3 Å². The minimum Gasteiger partial charge on any atom is -0.497 e. The molecule has 0 unspecified atom stereocenters. The summed E-state index contributed by atoms with van der Waals surface area (Å²) in [4.78, 5) is 19.1. The van der Waals surface area contributed by atoms with E-state index in [4.69, 9.17) is 14.9 Å². The molecule has 0 fully saturated rings. The Morgan fingerprint density at radius 1 is 0.974 bits per heavy atom. The van der Waals surface area contributed by atoms with E-state index in [1.807, 2.05) is 90.5 Å². The molecule has 0 spiro atoms. The van der Waals surface area contributed by atoms with Gasteiger partial charge >= 0.3 is 0 Å². The Kier molecular flexibility index (Phi) is 6.31. The maximum Gasteiger partial charge on any atom is 0.283 e. The van der Waals surface area contributed by atoms with E-state index < -0.39 is 5.91 Å². The fraction of sp³-hybridized carbons (Fsp3) is 0.100. The lowest BCUT2D eigenvalue weighted by atomic mass is 10.1. The van der Waals surface area contributed by atoms with Crippen molar-refractivity contribution < 1.29 is 14.3 Å².